The largest absolute Gasteiger partial charge is 0.443 e. The first-order chi connectivity index (χ1) is 6.48. The highest BCUT2D eigenvalue weighted by Gasteiger charge is 2.44. The number of carbonyl (C=O) groups excluding carboxylic acids is 1. The van der Waals surface area contributed by atoms with Crippen molar-refractivity contribution in [1.29, 1.82) is 0 Å². The molecule has 0 bridgehead atoms. The van der Waals surface area contributed by atoms with Crippen LogP contribution in [0, 0.1) is 0 Å². The minimum Gasteiger partial charge on any atom is -0.443 e. The predicted octanol–water partition coefficient (Wildman–Crippen LogP) is 2.05. The molecule has 0 saturated carbocycles. The van der Waals surface area contributed by atoms with Crippen LogP contribution in [0.3, 0.4) is 0 Å². The molecule has 0 spiro atoms. The second kappa shape index (κ2) is 4.26. The molecule has 0 aromatic carbocycles. The van der Waals surface area contributed by atoms with E-state index in [0.717, 1.165) is 0 Å². The lowest BCUT2D eigenvalue weighted by Gasteiger charge is -2.31. The number of nitrogens with zero attached hydrogens (tertiary/aromatic N) is 1. The summed E-state index contributed by atoms with van der Waals surface area (Å²) in [7, 11) is 0. The minimum atomic E-state index is -3.41. The van der Waals surface area contributed by atoms with E-state index >= 15 is 0 Å². The van der Waals surface area contributed by atoms with Crippen LogP contribution >= 0.6 is 0 Å². The zero-order valence-corrected chi connectivity index (χ0v) is 9.05. The van der Waals surface area contributed by atoms with Gasteiger partial charge in [0.05, 0.1) is 0 Å². The van der Waals surface area contributed by atoms with Crippen molar-refractivity contribution in [3.8, 4) is 0 Å². The van der Waals surface area contributed by atoms with E-state index in [9.17, 15) is 18.0 Å². The Morgan fingerprint density at radius 2 is 1.73 bits per heavy atom. The molecule has 0 heterocycles. The zero-order chi connectivity index (χ0) is 12.4. The maximum atomic E-state index is 13.2. The van der Waals surface area contributed by atoms with Gasteiger partial charge in [0, 0.05) is 0 Å². The number of ether oxygens (including phenoxy) is 1. The monoisotopic (exact) mass is 228 g/mol. The first-order valence-corrected chi connectivity index (χ1v) is 4.23. The van der Waals surface area contributed by atoms with Crippen molar-refractivity contribution in [1.82, 2.24) is 5.01 Å². The van der Waals surface area contributed by atoms with Crippen molar-refractivity contribution < 1.29 is 22.7 Å². The summed E-state index contributed by atoms with van der Waals surface area (Å²) in [5.41, 5.74) is -0.924. The van der Waals surface area contributed by atoms with Crippen molar-refractivity contribution in [2.45, 2.75) is 45.5 Å². The van der Waals surface area contributed by atoms with Crippen LogP contribution in [-0.4, -0.2) is 28.9 Å². The third-order valence-corrected chi connectivity index (χ3v) is 1.46. The average Bonchev–Trinajstić information content (AvgIpc) is 1.99. The number of halogens is 3. The van der Waals surface area contributed by atoms with Crippen molar-refractivity contribution in [2.75, 3.05) is 0 Å². The fourth-order valence-electron chi connectivity index (χ4n) is 0.595. The molecule has 0 aliphatic carbocycles. The molecule has 0 fully saturated rings. The normalized spacial score (nSPS) is 16.1. The SMILES string of the molecule is CC(C)(C)OC(=O)N(N)C(C)(F)C(F)F. The van der Waals surface area contributed by atoms with Gasteiger partial charge in [0.1, 0.15) is 5.60 Å². The van der Waals surface area contributed by atoms with Crippen molar-refractivity contribution >= 4 is 6.09 Å². The summed E-state index contributed by atoms with van der Waals surface area (Å²) in [5.74, 6) is 1.66. The highest BCUT2D eigenvalue weighted by Crippen LogP contribution is 2.24. The number of hydrazine groups is 1. The number of hydrogen-bond acceptors (Lipinski definition) is 3. The topological polar surface area (TPSA) is 55.6 Å². The lowest BCUT2D eigenvalue weighted by Crippen LogP contribution is -2.56. The summed E-state index contributed by atoms with van der Waals surface area (Å²) in [6.07, 6.45) is -4.75. The van der Waals surface area contributed by atoms with E-state index in [1.807, 2.05) is 0 Å². The maximum absolute atomic E-state index is 13.2. The van der Waals surface area contributed by atoms with Gasteiger partial charge in [-0.2, -0.15) is 0 Å². The summed E-state index contributed by atoms with van der Waals surface area (Å²) in [5, 5.41) is -0.247. The molecule has 0 aliphatic heterocycles. The quantitative estimate of drug-likeness (QED) is 0.340. The second-order valence-electron chi connectivity index (χ2n) is 4.18. The molecular formula is C8H15F3N2O2. The Morgan fingerprint density at radius 1 is 1.33 bits per heavy atom. The lowest BCUT2D eigenvalue weighted by molar-refractivity contribution is -0.126. The van der Waals surface area contributed by atoms with Gasteiger partial charge >= 0.3 is 6.09 Å². The number of amides is 1. The third-order valence-electron chi connectivity index (χ3n) is 1.46. The summed E-state index contributed by atoms with van der Waals surface area (Å²) in [6.45, 7) is 5.03. The molecule has 0 saturated heterocycles. The van der Waals surface area contributed by atoms with Crippen LogP contribution in [0.4, 0.5) is 18.0 Å². The van der Waals surface area contributed by atoms with Crippen molar-refractivity contribution in [3.05, 3.63) is 0 Å². The summed E-state index contributed by atoms with van der Waals surface area (Å²) in [4.78, 5) is 11.1. The van der Waals surface area contributed by atoms with Crippen molar-refractivity contribution in [2.24, 2.45) is 5.84 Å². The maximum Gasteiger partial charge on any atom is 0.427 e. The molecule has 7 heteroatoms. The first kappa shape index (κ1) is 14.0. The van der Waals surface area contributed by atoms with E-state index in [1.165, 1.54) is 20.8 Å². The highest BCUT2D eigenvalue weighted by molar-refractivity contribution is 5.68. The number of hydrogen-bond donors (Lipinski definition) is 1. The molecule has 1 atom stereocenters. The van der Waals surface area contributed by atoms with Gasteiger partial charge in [-0.3, -0.25) is 0 Å². The molecule has 0 rings (SSSR count). The lowest BCUT2D eigenvalue weighted by atomic mass is 10.2. The second-order valence-corrected chi connectivity index (χ2v) is 4.18. The Kier molecular flexibility index (Phi) is 3.98. The van der Waals surface area contributed by atoms with Crippen LogP contribution in [0.5, 0.6) is 0 Å². The van der Waals surface area contributed by atoms with Gasteiger partial charge < -0.3 is 4.74 Å². The smallest absolute Gasteiger partial charge is 0.427 e. The first-order valence-electron chi connectivity index (χ1n) is 4.23. The van der Waals surface area contributed by atoms with Gasteiger partial charge in [-0.1, -0.05) is 0 Å². The van der Waals surface area contributed by atoms with Crippen molar-refractivity contribution in [3.63, 3.8) is 0 Å². The summed E-state index contributed by atoms with van der Waals surface area (Å²) < 4.78 is 42.1. The van der Waals surface area contributed by atoms with Crippen LogP contribution in [-0.2, 0) is 4.74 Å². The molecule has 2 N–H and O–H groups in total. The Morgan fingerprint density at radius 3 is 2.00 bits per heavy atom. The summed E-state index contributed by atoms with van der Waals surface area (Å²) in [6, 6.07) is 0. The molecular weight excluding hydrogens is 213 g/mol. The van der Waals surface area contributed by atoms with Gasteiger partial charge in [0.25, 0.3) is 12.2 Å². The Hall–Kier alpha value is -0.980. The van der Waals surface area contributed by atoms with E-state index in [-0.39, 0.29) is 5.01 Å². The van der Waals surface area contributed by atoms with E-state index in [4.69, 9.17) is 5.84 Å². The van der Waals surface area contributed by atoms with Gasteiger partial charge in [-0.25, -0.2) is 28.8 Å². The predicted molar refractivity (Wildman–Crippen MR) is 47.8 cm³/mol. The minimum absolute atomic E-state index is 0.247. The van der Waals surface area contributed by atoms with Gasteiger partial charge in [-0.15, -0.1) is 0 Å². The van der Waals surface area contributed by atoms with Gasteiger partial charge in [0.15, 0.2) is 0 Å². The molecule has 0 aromatic rings. The fraction of sp³-hybridized carbons (Fsp3) is 0.875. The van der Waals surface area contributed by atoms with Crippen LogP contribution in [0.1, 0.15) is 27.7 Å². The molecule has 0 radical (unpaired) electrons. The number of rotatable bonds is 2. The fourth-order valence-corrected chi connectivity index (χ4v) is 0.595. The molecule has 1 unspecified atom stereocenters. The molecule has 1 amide bonds. The van der Waals surface area contributed by atoms with Crippen LogP contribution in [0.15, 0.2) is 0 Å². The Bertz CT molecular complexity index is 239. The Balaban J connectivity index is 4.59. The van der Waals surface area contributed by atoms with E-state index in [1.54, 1.807) is 0 Å². The Labute approximate surface area is 86.1 Å². The molecule has 0 aliphatic rings. The zero-order valence-electron chi connectivity index (χ0n) is 9.05. The number of nitrogens with two attached hydrogens (primary N) is 1. The standard InChI is InChI=1S/C8H15F3N2O2/c1-7(2,3)15-6(14)13(12)8(4,11)5(9)10/h5H,12H2,1-4H3. The third kappa shape index (κ3) is 3.94. The van der Waals surface area contributed by atoms with Crippen LogP contribution < -0.4 is 5.84 Å². The highest BCUT2D eigenvalue weighted by atomic mass is 19.3. The molecule has 15 heavy (non-hydrogen) atoms. The van der Waals surface area contributed by atoms with E-state index < -0.39 is 23.9 Å². The molecule has 4 nitrogen and oxygen atoms in total. The van der Waals surface area contributed by atoms with E-state index in [2.05, 4.69) is 4.74 Å². The van der Waals surface area contributed by atoms with Gasteiger partial charge in [-0.05, 0) is 27.7 Å². The number of carbonyl (C=O) groups is 1. The van der Waals surface area contributed by atoms with Crippen LogP contribution in [0.25, 0.3) is 0 Å². The number of alkyl halides is 3. The summed E-state index contributed by atoms with van der Waals surface area (Å²) >= 11 is 0. The molecule has 90 valence electrons. The van der Waals surface area contributed by atoms with Crippen LogP contribution in [0.2, 0.25) is 0 Å². The average molecular weight is 228 g/mol. The molecule has 0 aromatic heterocycles. The van der Waals surface area contributed by atoms with E-state index in [0.29, 0.717) is 6.92 Å². The van der Waals surface area contributed by atoms with Gasteiger partial charge in [0.2, 0.25) is 0 Å².